The molecule has 2 aromatic carbocycles. The first kappa shape index (κ1) is 21.4. The molecule has 7 nitrogen and oxygen atoms in total. The van der Waals surface area contributed by atoms with Crippen molar-refractivity contribution < 1.29 is 28.2 Å². The Balaban J connectivity index is 1.55. The van der Waals surface area contributed by atoms with Crippen LogP contribution in [0.15, 0.2) is 52.9 Å². The number of esters is 1. The molecule has 0 spiro atoms. The van der Waals surface area contributed by atoms with Gasteiger partial charge in [-0.15, -0.1) is 0 Å². The van der Waals surface area contributed by atoms with Crippen molar-refractivity contribution in [2.75, 3.05) is 26.9 Å². The molecule has 30 heavy (non-hydrogen) atoms. The minimum absolute atomic E-state index is 0.0615. The molecule has 1 N–H and O–H groups in total. The molecule has 0 aliphatic heterocycles. The highest BCUT2D eigenvalue weighted by Gasteiger charge is 2.22. The second kappa shape index (κ2) is 10.5. The fraction of sp³-hybridized carbons (Fsp3) is 0.304. The van der Waals surface area contributed by atoms with Gasteiger partial charge in [0.05, 0.1) is 13.7 Å². The number of carbonyl (C=O) groups excluding carboxylic acids is 2. The molecule has 7 heteroatoms. The number of benzene rings is 2. The molecule has 1 amide bonds. The molecule has 158 valence electrons. The zero-order valence-electron chi connectivity index (χ0n) is 17.1. The molecule has 0 saturated heterocycles. The number of hydrogen-bond donors (Lipinski definition) is 1. The number of fused-ring (bicyclic) bond motifs is 1. The Morgan fingerprint density at radius 3 is 2.63 bits per heavy atom. The van der Waals surface area contributed by atoms with Gasteiger partial charge in [0.1, 0.15) is 11.3 Å². The molecular weight excluding hydrogens is 386 g/mol. The van der Waals surface area contributed by atoms with E-state index in [2.05, 4.69) is 5.32 Å². The number of furan rings is 1. The summed E-state index contributed by atoms with van der Waals surface area (Å²) in [5.74, 6) is -0.252. The Kier molecular flexibility index (Phi) is 7.45. The van der Waals surface area contributed by atoms with Crippen molar-refractivity contribution in [2.45, 2.75) is 20.0 Å². The molecule has 3 rings (SSSR count). The smallest absolute Gasteiger partial charge is 0.375 e. The third-order valence-corrected chi connectivity index (χ3v) is 4.58. The van der Waals surface area contributed by atoms with Gasteiger partial charge in [0.15, 0.2) is 6.61 Å². The van der Waals surface area contributed by atoms with Gasteiger partial charge < -0.3 is 23.9 Å². The lowest BCUT2D eigenvalue weighted by Gasteiger charge is -2.09. The summed E-state index contributed by atoms with van der Waals surface area (Å²) < 4.78 is 21.6. The van der Waals surface area contributed by atoms with E-state index in [-0.39, 0.29) is 18.3 Å². The Morgan fingerprint density at radius 2 is 1.83 bits per heavy atom. The zero-order chi connectivity index (χ0) is 21.3. The SMILES string of the molecule is CCOCc1c(C(=O)OCC(=O)NCCc2ccccc2OC)oc2ccccc12. The first-order chi connectivity index (χ1) is 14.6. The lowest BCUT2D eigenvalue weighted by Crippen LogP contribution is -2.30. The van der Waals surface area contributed by atoms with Crippen LogP contribution in [0.5, 0.6) is 5.75 Å². The van der Waals surface area contributed by atoms with Crippen molar-refractivity contribution in [3.63, 3.8) is 0 Å². The molecular formula is C23H25NO6. The predicted molar refractivity (Wildman–Crippen MR) is 112 cm³/mol. The monoisotopic (exact) mass is 411 g/mol. The van der Waals surface area contributed by atoms with Crippen molar-refractivity contribution >= 4 is 22.8 Å². The van der Waals surface area contributed by atoms with Gasteiger partial charge in [-0.05, 0) is 31.0 Å². The Hall–Kier alpha value is -3.32. The number of carbonyl (C=O) groups is 2. The number of ether oxygens (including phenoxy) is 3. The third-order valence-electron chi connectivity index (χ3n) is 4.58. The van der Waals surface area contributed by atoms with Crippen molar-refractivity contribution in [1.29, 1.82) is 0 Å². The van der Waals surface area contributed by atoms with Crippen LogP contribution in [0.1, 0.15) is 28.6 Å². The minimum atomic E-state index is -0.694. The van der Waals surface area contributed by atoms with E-state index >= 15 is 0 Å². The van der Waals surface area contributed by atoms with Crippen LogP contribution in [0.2, 0.25) is 0 Å². The van der Waals surface area contributed by atoms with E-state index in [1.54, 1.807) is 13.2 Å². The molecule has 0 fully saturated rings. The highest BCUT2D eigenvalue weighted by Crippen LogP contribution is 2.27. The molecule has 0 unspecified atom stereocenters. The predicted octanol–water partition coefficient (Wildman–Crippen LogP) is 3.49. The summed E-state index contributed by atoms with van der Waals surface area (Å²) in [6, 6.07) is 14.9. The summed E-state index contributed by atoms with van der Waals surface area (Å²) in [5.41, 5.74) is 2.18. The Labute approximate surface area is 174 Å². The molecule has 1 aromatic heterocycles. The normalized spacial score (nSPS) is 10.7. The van der Waals surface area contributed by atoms with E-state index in [1.807, 2.05) is 49.4 Å². The fourth-order valence-electron chi connectivity index (χ4n) is 3.10. The number of amides is 1. The van der Waals surface area contributed by atoms with E-state index in [4.69, 9.17) is 18.6 Å². The van der Waals surface area contributed by atoms with Crippen LogP contribution in [0, 0.1) is 0 Å². The highest BCUT2D eigenvalue weighted by atomic mass is 16.5. The van der Waals surface area contributed by atoms with Gasteiger partial charge in [0.2, 0.25) is 5.76 Å². The number of rotatable bonds is 10. The maximum Gasteiger partial charge on any atom is 0.375 e. The maximum absolute atomic E-state index is 12.5. The molecule has 0 bridgehead atoms. The molecule has 1 heterocycles. The van der Waals surface area contributed by atoms with Gasteiger partial charge in [-0.25, -0.2) is 4.79 Å². The van der Waals surface area contributed by atoms with Crippen molar-refractivity contribution in [3.05, 3.63) is 65.4 Å². The molecule has 0 saturated carbocycles. The van der Waals surface area contributed by atoms with Crippen LogP contribution in [0.25, 0.3) is 11.0 Å². The van der Waals surface area contributed by atoms with Crippen LogP contribution >= 0.6 is 0 Å². The van der Waals surface area contributed by atoms with Crippen molar-refractivity contribution in [1.82, 2.24) is 5.32 Å². The van der Waals surface area contributed by atoms with Crippen LogP contribution in [-0.4, -0.2) is 38.7 Å². The average Bonchev–Trinajstić information content (AvgIpc) is 3.15. The van der Waals surface area contributed by atoms with Crippen LogP contribution in [0.3, 0.4) is 0 Å². The second-order valence-electron chi connectivity index (χ2n) is 6.53. The molecule has 0 atom stereocenters. The van der Waals surface area contributed by atoms with E-state index in [0.29, 0.717) is 30.7 Å². The number of hydrogen-bond acceptors (Lipinski definition) is 6. The number of nitrogens with one attached hydrogen (secondary N) is 1. The summed E-state index contributed by atoms with van der Waals surface area (Å²) in [5, 5.41) is 3.53. The topological polar surface area (TPSA) is 87.0 Å². The summed E-state index contributed by atoms with van der Waals surface area (Å²) in [6.45, 7) is 2.61. The van der Waals surface area contributed by atoms with Gasteiger partial charge in [0, 0.05) is 24.1 Å². The van der Waals surface area contributed by atoms with E-state index < -0.39 is 12.6 Å². The van der Waals surface area contributed by atoms with Gasteiger partial charge >= 0.3 is 5.97 Å². The summed E-state index contributed by atoms with van der Waals surface area (Å²) in [4.78, 5) is 24.6. The first-order valence-electron chi connectivity index (χ1n) is 9.78. The zero-order valence-corrected chi connectivity index (χ0v) is 17.1. The summed E-state index contributed by atoms with van der Waals surface area (Å²) in [6.07, 6.45) is 0.603. The van der Waals surface area contributed by atoms with Gasteiger partial charge in [-0.3, -0.25) is 4.79 Å². The van der Waals surface area contributed by atoms with E-state index in [9.17, 15) is 9.59 Å². The largest absolute Gasteiger partial charge is 0.496 e. The van der Waals surface area contributed by atoms with Crippen LogP contribution in [-0.2, 0) is 27.3 Å². The van der Waals surface area contributed by atoms with Gasteiger partial charge in [0.25, 0.3) is 5.91 Å². The van der Waals surface area contributed by atoms with Crippen molar-refractivity contribution in [3.8, 4) is 5.75 Å². The van der Waals surface area contributed by atoms with Crippen molar-refractivity contribution in [2.24, 2.45) is 0 Å². The quantitative estimate of drug-likeness (QED) is 0.514. The average molecular weight is 411 g/mol. The summed E-state index contributed by atoms with van der Waals surface area (Å²) in [7, 11) is 1.61. The lowest BCUT2D eigenvalue weighted by atomic mass is 10.1. The fourth-order valence-corrected chi connectivity index (χ4v) is 3.10. The molecule has 0 aliphatic carbocycles. The van der Waals surface area contributed by atoms with Crippen LogP contribution in [0.4, 0.5) is 0 Å². The molecule has 0 radical (unpaired) electrons. The van der Waals surface area contributed by atoms with E-state index in [1.165, 1.54) is 0 Å². The van der Waals surface area contributed by atoms with Crippen LogP contribution < -0.4 is 10.1 Å². The Morgan fingerprint density at radius 1 is 1.07 bits per heavy atom. The number of methoxy groups -OCH3 is 1. The third kappa shape index (κ3) is 5.18. The minimum Gasteiger partial charge on any atom is -0.496 e. The summed E-state index contributed by atoms with van der Waals surface area (Å²) >= 11 is 0. The Bertz CT molecular complexity index is 1010. The van der Waals surface area contributed by atoms with E-state index in [0.717, 1.165) is 16.7 Å². The first-order valence-corrected chi connectivity index (χ1v) is 9.78. The second-order valence-corrected chi connectivity index (χ2v) is 6.53. The molecule has 3 aromatic rings. The maximum atomic E-state index is 12.5. The molecule has 0 aliphatic rings. The standard InChI is InChI=1S/C23H25NO6/c1-3-28-14-18-17-9-5-7-11-20(17)30-22(18)23(26)29-15-21(25)24-13-12-16-8-4-6-10-19(16)27-2/h4-11H,3,12-15H2,1-2H3,(H,24,25). The lowest BCUT2D eigenvalue weighted by molar-refractivity contribution is -0.124. The van der Waals surface area contributed by atoms with Gasteiger partial charge in [-0.1, -0.05) is 36.4 Å². The van der Waals surface area contributed by atoms with Gasteiger partial charge in [-0.2, -0.15) is 0 Å². The highest BCUT2D eigenvalue weighted by molar-refractivity contribution is 5.96. The number of para-hydroxylation sites is 2.